The quantitative estimate of drug-likeness (QED) is 0.499. The molecule has 0 aromatic heterocycles. The molecular weight excluding hydrogens is 380 g/mol. The van der Waals surface area contributed by atoms with E-state index in [0.717, 1.165) is 12.8 Å². The lowest BCUT2D eigenvalue weighted by atomic mass is 9.91. The number of aryl methyl sites for hydroxylation is 1. The number of hydrogen-bond donors (Lipinski definition) is 2. The van der Waals surface area contributed by atoms with Gasteiger partial charge in [-0.15, -0.1) is 0 Å². The van der Waals surface area contributed by atoms with E-state index in [1.807, 2.05) is 6.07 Å². The Morgan fingerprint density at radius 3 is 2.52 bits per heavy atom. The highest BCUT2D eigenvalue weighted by Crippen LogP contribution is 2.44. The third-order valence-electron chi connectivity index (χ3n) is 7.06. The van der Waals surface area contributed by atoms with Crippen LogP contribution in [-0.4, -0.2) is 43.1 Å². The summed E-state index contributed by atoms with van der Waals surface area (Å²) in [7, 11) is -1.92. The van der Waals surface area contributed by atoms with E-state index in [1.165, 1.54) is 5.56 Å². The molecule has 1 heterocycles. The van der Waals surface area contributed by atoms with Gasteiger partial charge in [0.05, 0.1) is 18.3 Å². The van der Waals surface area contributed by atoms with Crippen molar-refractivity contribution in [1.29, 1.82) is 0 Å². The summed E-state index contributed by atoms with van der Waals surface area (Å²) in [5, 5.41) is 20.5. The second kappa shape index (κ2) is 9.02. The van der Waals surface area contributed by atoms with Crippen LogP contribution in [0.1, 0.15) is 45.6 Å². The Balaban J connectivity index is 1.72. The van der Waals surface area contributed by atoms with Gasteiger partial charge in [0, 0.05) is 18.8 Å². The molecule has 1 aromatic rings. The van der Waals surface area contributed by atoms with Crippen LogP contribution in [0.2, 0.25) is 18.1 Å². The first-order valence-electron chi connectivity index (χ1n) is 11.0. The molecule has 1 aromatic carbocycles. The molecule has 0 amide bonds. The number of hydrogen-bond acceptors (Lipinski definition) is 4. The van der Waals surface area contributed by atoms with Crippen LogP contribution in [0.4, 0.5) is 0 Å². The SMILES string of the molecule is CC(C)(C)[Si](C)(C)O[C@@H](/C=C/[C@@H]1[C@H]2CC(O)O[C@H]2C[C@H]1O)CCc1ccccc1. The summed E-state index contributed by atoms with van der Waals surface area (Å²) < 4.78 is 12.3. The van der Waals surface area contributed by atoms with Crippen molar-refractivity contribution in [2.75, 3.05) is 0 Å². The zero-order valence-electron chi connectivity index (χ0n) is 18.5. The van der Waals surface area contributed by atoms with Crippen LogP contribution in [0.3, 0.4) is 0 Å². The highest BCUT2D eigenvalue weighted by molar-refractivity contribution is 6.74. The fraction of sp³-hybridized carbons (Fsp3) is 0.667. The number of fused-ring (bicyclic) bond motifs is 1. The van der Waals surface area contributed by atoms with E-state index in [0.29, 0.717) is 12.8 Å². The molecule has 2 fully saturated rings. The highest BCUT2D eigenvalue weighted by atomic mass is 28.4. The maximum atomic E-state index is 10.5. The monoisotopic (exact) mass is 418 g/mol. The lowest BCUT2D eigenvalue weighted by Crippen LogP contribution is -2.43. The van der Waals surface area contributed by atoms with Crippen LogP contribution in [0.25, 0.3) is 0 Å². The molecule has 1 unspecified atom stereocenters. The summed E-state index contributed by atoms with van der Waals surface area (Å²) in [6, 6.07) is 10.5. The molecule has 3 rings (SSSR count). The first kappa shape index (κ1) is 22.7. The minimum atomic E-state index is -1.92. The Morgan fingerprint density at radius 1 is 1.17 bits per heavy atom. The first-order valence-corrected chi connectivity index (χ1v) is 13.9. The summed E-state index contributed by atoms with van der Waals surface area (Å²) >= 11 is 0. The topological polar surface area (TPSA) is 58.9 Å². The molecule has 0 radical (unpaired) electrons. The smallest absolute Gasteiger partial charge is 0.192 e. The van der Waals surface area contributed by atoms with E-state index in [-0.39, 0.29) is 29.1 Å². The van der Waals surface area contributed by atoms with Crippen LogP contribution in [0.5, 0.6) is 0 Å². The predicted molar refractivity (Wildman–Crippen MR) is 119 cm³/mol. The Hall–Kier alpha value is -0.983. The summed E-state index contributed by atoms with van der Waals surface area (Å²) in [4.78, 5) is 0. The van der Waals surface area contributed by atoms with Crippen LogP contribution in [0, 0.1) is 11.8 Å². The summed E-state index contributed by atoms with van der Waals surface area (Å²) in [6.45, 7) is 11.4. The average Bonchev–Trinajstić information content (AvgIpc) is 3.12. The van der Waals surface area contributed by atoms with Gasteiger partial charge in [0.25, 0.3) is 0 Å². The molecule has 5 heteroatoms. The van der Waals surface area contributed by atoms with Crippen molar-refractivity contribution < 1.29 is 19.4 Å². The molecule has 4 nitrogen and oxygen atoms in total. The summed E-state index contributed by atoms with van der Waals surface area (Å²) in [5.74, 6) is 0.221. The van der Waals surface area contributed by atoms with Crippen molar-refractivity contribution in [3.8, 4) is 0 Å². The van der Waals surface area contributed by atoms with Gasteiger partial charge in [-0.25, -0.2) is 0 Å². The maximum absolute atomic E-state index is 10.5. The zero-order valence-corrected chi connectivity index (χ0v) is 19.5. The first-order chi connectivity index (χ1) is 13.6. The van der Waals surface area contributed by atoms with E-state index in [1.54, 1.807) is 0 Å². The highest BCUT2D eigenvalue weighted by Gasteiger charge is 2.47. The van der Waals surface area contributed by atoms with Gasteiger partial charge in [0.15, 0.2) is 14.6 Å². The Kier molecular flexibility index (Phi) is 7.06. The van der Waals surface area contributed by atoms with E-state index in [9.17, 15) is 10.2 Å². The number of benzene rings is 1. The second-order valence-corrected chi connectivity index (χ2v) is 15.0. The largest absolute Gasteiger partial charge is 0.411 e. The van der Waals surface area contributed by atoms with Crippen molar-refractivity contribution in [2.24, 2.45) is 11.8 Å². The summed E-state index contributed by atoms with van der Waals surface area (Å²) in [5.41, 5.74) is 1.32. The molecule has 1 saturated carbocycles. The van der Waals surface area contributed by atoms with Crippen LogP contribution in [0.15, 0.2) is 42.5 Å². The fourth-order valence-electron chi connectivity index (χ4n) is 4.29. The molecular formula is C24H38O4Si. The molecule has 2 aliphatic rings. The number of aliphatic hydroxyl groups is 2. The van der Waals surface area contributed by atoms with Gasteiger partial charge in [-0.05, 0) is 42.5 Å². The average molecular weight is 419 g/mol. The molecule has 1 aliphatic heterocycles. The van der Waals surface area contributed by atoms with Gasteiger partial charge in [-0.2, -0.15) is 0 Å². The molecule has 162 valence electrons. The molecule has 2 N–H and O–H groups in total. The van der Waals surface area contributed by atoms with Gasteiger partial charge in [0.1, 0.15) is 0 Å². The lowest BCUT2D eigenvalue weighted by Gasteiger charge is -2.39. The number of aliphatic hydroxyl groups excluding tert-OH is 2. The Labute approximate surface area is 177 Å². The van der Waals surface area contributed by atoms with Gasteiger partial charge in [-0.1, -0.05) is 63.3 Å². The Morgan fingerprint density at radius 2 is 1.86 bits per heavy atom. The van der Waals surface area contributed by atoms with Crippen molar-refractivity contribution in [3.63, 3.8) is 0 Å². The Bertz CT molecular complexity index is 682. The normalized spacial score (nSPS) is 31.3. The maximum Gasteiger partial charge on any atom is 0.192 e. The minimum absolute atomic E-state index is 0.0228. The second-order valence-electron chi connectivity index (χ2n) is 10.2. The van der Waals surface area contributed by atoms with Crippen LogP contribution in [-0.2, 0) is 15.6 Å². The van der Waals surface area contributed by atoms with Crippen molar-refractivity contribution in [3.05, 3.63) is 48.0 Å². The van der Waals surface area contributed by atoms with Gasteiger partial charge in [-0.3, -0.25) is 0 Å². The van der Waals surface area contributed by atoms with Crippen molar-refractivity contribution in [2.45, 2.75) is 89.2 Å². The third-order valence-corrected chi connectivity index (χ3v) is 11.6. The van der Waals surface area contributed by atoms with Crippen molar-refractivity contribution in [1.82, 2.24) is 0 Å². The van der Waals surface area contributed by atoms with Crippen LogP contribution >= 0.6 is 0 Å². The summed E-state index contributed by atoms with van der Waals surface area (Å²) in [6.07, 6.45) is 6.30. The zero-order chi connectivity index (χ0) is 21.2. The predicted octanol–water partition coefficient (Wildman–Crippen LogP) is 4.67. The molecule has 1 aliphatic carbocycles. The molecule has 6 atom stereocenters. The van der Waals surface area contributed by atoms with Gasteiger partial charge >= 0.3 is 0 Å². The van der Waals surface area contributed by atoms with Gasteiger partial charge in [0.2, 0.25) is 0 Å². The molecule has 0 bridgehead atoms. The van der Waals surface area contributed by atoms with Crippen LogP contribution < -0.4 is 0 Å². The van der Waals surface area contributed by atoms with Gasteiger partial charge < -0.3 is 19.4 Å². The van der Waals surface area contributed by atoms with E-state index < -0.39 is 20.7 Å². The third kappa shape index (κ3) is 5.59. The van der Waals surface area contributed by atoms with E-state index >= 15 is 0 Å². The fourth-order valence-corrected chi connectivity index (χ4v) is 5.59. The van der Waals surface area contributed by atoms with E-state index in [2.05, 4.69) is 70.3 Å². The molecule has 1 saturated heterocycles. The lowest BCUT2D eigenvalue weighted by molar-refractivity contribution is -0.0949. The standard InChI is InChI=1S/C24H38O4Si/c1-24(2,3)29(4,5)28-18(12-11-17-9-7-6-8-10-17)13-14-19-20-15-23(26)27-22(20)16-21(19)25/h6-10,13-14,18-23,25-26H,11-12,15-16H2,1-5H3/b14-13+/t18-,19-,20-,21-,22+,23?/m1/s1. The minimum Gasteiger partial charge on any atom is -0.411 e. The van der Waals surface area contributed by atoms with E-state index in [4.69, 9.17) is 9.16 Å². The molecule has 29 heavy (non-hydrogen) atoms. The van der Waals surface area contributed by atoms with Crippen molar-refractivity contribution >= 4 is 8.32 Å². The number of rotatable bonds is 7. The number of ether oxygens (including phenoxy) is 1. The molecule has 0 spiro atoms.